The SMILES string of the molecule is CN(C)C[C@@]12CN(C)C[C@]1(C#N)OC(c1ccccc1)=CC2=O. The number of likely N-dealkylation sites (tertiary alicyclic amines) is 1. The van der Waals surface area contributed by atoms with E-state index in [2.05, 4.69) is 6.07 Å². The number of benzene rings is 1. The Morgan fingerprint density at radius 1 is 1.30 bits per heavy atom. The number of ether oxygens (including phenoxy) is 1. The molecule has 2 heterocycles. The van der Waals surface area contributed by atoms with Gasteiger partial charge in [0.15, 0.2) is 5.78 Å². The van der Waals surface area contributed by atoms with Crippen LogP contribution in [-0.2, 0) is 9.53 Å². The fraction of sp³-hybridized carbons (Fsp3) is 0.444. The van der Waals surface area contributed by atoms with Crippen LogP contribution in [0.4, 0.5) is 0 Å². The van der Waals surface area contributed by atoms with Gasteiger partial charge < -0.3 is 14.5 Å². The van der Waals surface area contributed by atoms with E-state index < -0.39 is 11.0 Å². The molecule has 0 saturated carbocycles. The maximum atomic E-state index is 13.1. The Balaban J connectivity index is 2.11. The van der Waals surface area contributed by atoms with Crippen molar-refractivity contribution in [2.45, 2.75) is 5.60 Å². The molecular weight excluding hydrogens is 290 g/mol. The second-order valence-corrected chi connectivity index (χ2v) is 6.77. The van der Waals surface area contributed by atoms with Crippen molar-refractivity contribution in [3.63, 3.8) is 0 Å². The van der Waals surface area contributed by atoms with Crippen molar-refractivity contribution in [3.8, 4) is 6.07 Å². The van der Waals surface area contributed by atoms with Gasteiger partial charge in [0.1, 0.15) is 17.2 Å². The molecule has 2 atom stereocenters. The van der Waals surface area contributed by atoms with Crippen molar-refractivity contribution in [3.05, 3.63) is 42.0 Å². The van der Waals surface area contributed by atoms with Gasteiger partial charge in [0.25, 0.3) is 0 Å². The molecule has 2 aliphatic rings. The van der Waals surface area contributed by atoms with E-state index in [1.807, 2.05) is 61.3 Å². The monoisotopic (exact) mass is 311 g/mol. The molecule has 0 radical (unpaired) electrons. The molecule has 0 aliphatic carbocycles. The van der Waals surface area contributed by atoms with Crippen LogP contribution >= 0.6 is 0 Å². The zero-order valence-electron chi connectivity index (χ0n) is 13.7. The minimum atomic E-state index is -1.15. The van der Waals surface area contributed by atoms with Crippen molar-refractivity contribution in [1.29, 1.82) is 5.26 Å². The molecule has 3 rings (SSSR count). The standard InChI is InChI=1S/C18H21N3O2/c1-20(2)11-17-12-21(3)13-18(17,10-19)23-15(9-16(17)22)14-7-5-4-6-8-14/h4-9H,11-13H2,1-3H3/t17-,18-/m0/s1. The van der Waals surface area contributed by atoms with Crippen LogP contribution in [0.5, 0.6) is 0 Å². The predicted molar refractivity (Wildman–Crippen MR) is 87.3 cm³/mol. The van der Waals surface area contributed by atoms with E-state index in [0.717, 1.165) is 5.56 Å². The number of carbonyl (C=O) groups excluding carboxylic acids is 1. The number of nitriles is 1. The number of hydrogen-bond donors (Lipinski definition) is 0. The molecule has 23 heavy (non-hydrogen) atoms. The fourth-order valence-electron chi connectivity index (χ4n) is 3.76. The summed E-state index contributed by atoms with van der Waals surface area (Å²) < 4.78 is 6.19. The van der Waals surface area contributed by atoms with Gasteiger partial charge in [-0.2, -0.15) is 5.26 Å². The molecule has 0 amide bonds. The first-order chi connectivity index (χ1) is 10.9. The normalized spacial score (nSPS) is 30.6. The average molecular weight is 311 g/mol. The van der Waals surface area contributed by atoms with Crippen molar-refractivity contribution < 1.29 is 9.53 Å². The molecule has 2 aliphatic heterocycles. The van der Waals surface area contributed by atoms with Crippen molar-refractivity contribution in [1.82, 2.24) is 9.80 Å². The van der Waals surface area contributed by atoms with Gasteiger partial charge in [-0.15, -0.1) is 0 Å². The molecule has 0 spiro atoms. The van der Waals surface area contributed by atoms with E-state index in [4.69, 9.17) is 4.74 Å². The van der Waals surface area contributed by atoms with Crippen LogP contribution in [0.25, 0.3) is 5.76 Å². The Morgan fingerprint density at radius 2 is 2.00 bits per heavy atom. The smallest absolute Gasteiger partial charge is 0.221 e. The molecule has 0 unspecified atom stereocenters. The van der Waals surface area contributed by atoms with Gasteiger partial charge >= 0.3 is 0 Å². The van der Waals surface area contributed by atoms with Crippen LogP contribution in [0, 0.1) is 16.7 Å². The molecule has 0 aromatic heterocycles. The number of fused-ring (bicyclic) bond motifs is 1. The molecule has 1 saturated heterocycles. The number of ketones is 1. The summed E-state index contributed by atoms with van der Waals surface area (Å²) in [5, 5.41) is 9.93. The van der Waals surface area contributed by atoms with Crippen LogP contribution in [0.15, 0.2) is 36.4 Å². The summed E-state index contributed by atoms with van der Waals surface area (Å²) in [6.07, 6.45) is 1.56. The highest BCUT2D eigenvalue weighted by molar-refractivity contribution is 6.03. The summed E-state index contributed by atoms with van der Waals surface area (Å²) >= 11 is 0. The molecule has 1 aromatic rings. The predicted octanol–water partition coefficient (Wildman–Crippen LogP) is 1.38. The van der Waals surface area contributed by atoms with Crippen LogP contribution in [0.1, 0.15) is 5.56 Å². The van der Waals surface area contributed by atoms with Gasteiger partial charge in [-0.3, -0.25) is 4.79 Å². The van der Waals surface area contributed by atoms with Crippen LogP contribution in [0.3, 0.4) is 0 Å². The summed E-state index contributed by atoms with van der Waals surface area (Å²) in [5.41, 5.74) is -1.18. The molecular formula is C18H21N3O2. The van der Waals surface area contributed by atoms with E-state index in [-0.39, 0.29) is 5.78 Å². The third-order valence-corrected chi connectivity index (χ3v) is 4.65. The molecule has 5 heteroatoms. The maximum absolute atomic E-state index is 13.1. The number of nitrogens with zero attached hydrogens (tertiary/aromatic N) is 3. The molecule has 0 N–H and O–H groups in total. The van der Waals surface area contributed by atoms with Crippen molar-refractivity contribution in [2.24, 2.45) is 5.41 Å². The Morgan fingerprint density at radius 3 is 2.61 bits per heavy atom. The first kappa shape index (κ1) is 15.7. The first-order valence-electron chi connectivity index (χ1n) is 7.67. The fourth-order valence-corrected chi connectivity index (χ4v) is 3.76. The second-order valence-electron chi connectivity index (χ2n) is 6.77. The lowest BCUT2D eigenvalue weighted by atomic mass is 9.69. The highest BCUT2D eigenvalue weighted by atomic mass is 16.5. The highest BCUT2D eigenvalue weighted by Crippen LogP contribution is 2.48. The van der Waals surface area contributed by atoms with E-state index >= 15 is 0 Å². The lowest BCUT2D eigenvalue weighted by Crippen LogP contribution is -2.59. The van der Waals surface area contributed by atoms with Gasteiger partial charge in [-0.25, -0.2) is 0 Å². The van der Waals surface area contributed by atoms with Crippen LogP contribution in [0.2, 0.25) is 0 Å². The summed E-state index contributed by atoms with van der Waals surface area (Å²) in [6, 6.07) is 11.8. The number of carbonyl (C=O) groups is 1. The Hall–Kier alpha value is -2.16. The lowest BCUT2D eigenvalue weighted by Gasteiger charge is -2.43. The van der Waals surface area contributed by atoms with E-state index in [1.54, 1.807) is 6.08 Å². The molecule has 1 aromatic carbocycles. The number of rotatable bonds is 3. The minimum Gasteiger partial charge on any atom is -0.469 e. The van der Waals surface area contributed by atoms with Crippen LogP contribution < -0.4 is 0 Å². The maximum Gasteiger partial charge on any atom is 0.221 e. The molecule has 120 valence electrons. The van der Waals surface area contributed by atoms with E-state index in [0.29, 0.717) is 25.4 Å². The van der Waals surface area contributed by atoms with Gasteiger partial charge in [0, 0.05) is 24.7 Å². The van der Waals surface area contributed by atoms with Gasteiger partial charge in [0.05, 0.1) is 6.54 Å². The van der Waals surface area contributed by atoms with Gasteiger partial charge in [-0.1, -0.05) is 30.3 Å². The highest BCUT2D eigenvalue weighted by Gasteiger charge is 2.65. The third kappa shape index (κ3) is 2.35. The zero-order valence-corrected chi connectivity index (χ0v) is 13.7. The summed E-state index contributed by atoms with van der Waals surface area (Å²) in [6.45, 7) is 1.44. The number of allylic oxidation sites excluding steroid dienone is 1. The van der Waals surface area contributed by atoms with Gasteiger partial charge in [0.2, 0.25) is 5.60 Å². The second kappa shape index (κ2) is 5.48. The molecule has 5 nitrogen and oxygen atoms in total. The zero-order chi connectivity index (χ0) is 16.7. The van der Waals surface area contributed by atoms with Crippen LogP contribution in [-0.4, -0.2) is 62.0 Å². The lowest BCUT2D eigenvalue weighted by molar-refractivity contribution is -0.135. The third-order valence-electron chi connectivity index (χ3n) is 4.65. The Kier molecular flexibility index (Phi) is 3.75. The largest absolute Gasteiger partial charge is 0.469 e. The van der Waals surface area contributed by atoms with E-state index in [9.17, 15) is 10.1 Å². The minimum absolute atomic E-state index is 0.0257. The average Bonchev–Trinajstić information content (AvgIpc) is 2.80. The Labute approximate surface area is 136 Å². The van der Waals surface area contributed by atoms with Crippen molar-refractivity contribution >= 4 is 11.5 Å². The van der Waals surface area contributed by atoms with Gasteiger partial charge in [-0.05, 0) is 21.1 Å². The number of hydrogen-bond acceptors (Lipinski definition) is 5. The number of likely N-dealkylation sites (N-methyl/N-ethyl adjacent to an activating group) is 1. The topological polar surface area (TPSA) is 56.6 Å². The summed E-state index contributed by atoms with van der Waals surface area (Å²) in [7, 11) is 5.76. The molecule has 1 fully saturated rings. The Bertz CT molecular complexity index is 692. The van der Waals surface area contributed by atoms with Crippen molar-refractivity contribution in [2.75, 3.05) is 40.8 Å². The molecule has 0 bridgehead atoms. The quantitative estimate of drug-likeness (QED) is 0.844. The first-order valence-corrected chi connectivity index (χ1v) is 7.67. The summed E-state index contributed by atoms with van der Waals surface area (Å²) in [4.78, 5) is 17.0. The van der Waals surface area contributed by atoms with E-state index in [1.165, 1.54) is 0 Å². The summed E-state index contributed by atoms with van der Waals surface area (Å²) in [5.74, 6) is 0.462.